The topological polar surface area (TPSA) is 67.8 Å². The van der Waals surface area contributed by atoms with Crippen LogP contribution in [0.5, 0.6) is 5.75 Å². The van der Waals surface area contributed by atoms with Crippen LogP contribution in [0.1, 0.15) is 94.7 Å². The molecule has 1 aromatic rings. The third-order valence-electron chi connectivity index (χ3n) is 7.99. The van der Waals surface area contributed by atoms with E-state index in [4.69, 9.17) is 9.47 Å². The smallest absolute Gasteiger partial charge is 0.454 e. The van der Waals surface area contributed by atoms with Gasteiger partial charge in [-0.3, -0.25) is 0 Å². The second kappa shape index (κ2) is 9.81. The molecule has 2 N–H and O–H groups in total. The van der Waals surface area contributed by atoms with Crippen molar-refractivity contribution in [2.45, 2.75) is 109 Å². The number of aryl methyl sites for hydroxylation is 1. The van der Waals surface area contributed by atoms with E-state index < -0.39 is 12.4 Å². The highest BCUT2D eigenvalue weighted by Crippen LogP contribution is 2.54. The molecule has 31 heavy (non-hydrogen) atoms. The Balaban J connectivity index is 1.63. The molecule has 0 spiro atoms. The summed E-state index contributed by atoms with van der Waals surface area (Å²) in [6.45, 7) is 5.41. The molecular formula is C26H39NO4. The molecule has 1 saturated carbocycles. The van der Waals surface area contributed by atoms with Gasteiger partial charge in [0.2, 0.25) is 6.29 Å². The van der Waals surface area contributed by atoms with Crippen LogP contribution in [-0.4, -0.2) is 30.1 Å². The lowest BCUT2D eigenvalue weighted by Gasteiger charge is -2.56. The fraction of sp³-hybridized carbons (Fsp3) is 0.731. The highest BCUT2D eigenvalue weighted by Gasteiger charge is 2.51. The van der Waals surface area contributed by atoms with Crippen molar-refractivity contribution in [1.29, 1.82) is 0 Å². The maximum atomic E-state index is 11.3. The maximum absolute atomic E-state index is 11.3. The van der Waals surface area contributed by atoms with E-state index in [0.717, 1.165) is 56.4 Å². The molecule has 2 fully saturated rings. The van der Waals surface area contributed by atoms with E-state index in [2.05, 4.69) is 31.3 Å². The third kappa shape index (κ3) is 4.57. The Morgan fingerprint density at radius 1 is 1.23 bits per heavy atom. The monoisotopic (exact) mass is 429 g/mol. The Labute approximate surface area is 186 Å². The van der Waals surface area contributed by atoms with Gasteiger partial charge in [-0.2, -0.15) is 0 Å². The molecular weight excluding hydrogens is 390 g/mol. The lowest BCUT2D eigenvalue weighted by atomic mass is 9.52. The number of unbranched alkanes of at least 4 members (excludes halogenated alkanes) is 3. The van der Waals surface area contributed by atoms with Gasteiger partial charge in [0.15, 0.2) is 0 Å². The highest BCUT2D eigenvalue weighted by atomic mass is 16.8. The fourth-order valence-electron chi connectivity index (χ4n) is 6.53. The molecule has 1 saturated heterocycles. The first-order valence-electron chi connectivity index (χ1n) is 12.5. The van der Waals surface area contributed by atoms with Crippen LogP contribution < -0.4 is 10.1 Å². The largest absolute Gasteiger partial charge is 0.508 e. The average molecular weight is 430 g/mol. The first-order valence-corrected chi connectivity index (χ1v) is 12.5. The van der Waals surface area contributed by atoms with E-state index in [1.807, 2.05) is 0 Å². The molecule has 1 aromatic carbocycles. The van der Waals surface area contributed by atoms with E-state index >= 15 is 0 Å². The van der Waals surface area contributed by atoms with E-state index in [9.17, 15) is 9.90 Å². The minimum Gasteiger partial charge on any atom is -0.454 e. The number of carboxylic acid groups (broad SMARTS) is 1. The van der Waals surface area contributed by atoms with Crippen LogP contribution in [0.25, 0.3) is 0 Å². The number of hydrogen-bond donors (Lipinski definition) is 2. The summed E-state index contributed by atoms with van der Waals surface area (Å²) in [5.41, 5.74) is 4.37. The summed E-state index contributed by atoms with van der Waals surface area (Å²) < 4.78 is 11.4. The number of fused-ring (bicyclic) bond motifs is 1. The summed E-state index contributed by atoms with van der Waals surface area (Å²) in [6, 6.07) is 5.21. The van der Waals surface area contributed by atoms with Crippen molar-refractivity contribution in [2.75, 3.05) is 6.54 Å². The molecule has 0 aromatic heterocycles. The second-order valence-electron chi connectivity index (χ2n) is 9.77. The Hall–Kier alpha value is -1.75. The van der Waals surface area contributed by atoms with Gasteiger partial charge < -0.3 is 19.9 Å². The zero-order valence-corrected chi connectivity index (χ0v) is 19.3. The lowest BCUT2D eigenvalue weighted by molar-refractivity contribution is -0.0589. The molecule has 4 rings (SSSR count). The Morgan fingerprint density at radius 2 is 2.10 bits per heavy atom. The van der Waals surface area contributed by atoms with Gasteiger partial charge in [-0.25, -0.2) is 4.79 Å². The molecule has 1 heterocycles. The van der Waals surface area contributed by atoms with Crippen LogP contribution in [0, 0.1) is 5.92 Å². The van der Waals surface area contributed by atoms with Crippen LogP contribution in [0.4, 0.5) is 4.79 Å². The summed E-state index contributed by atoms with van der Waals surface area (Å²) in [4.78, 5) is 11.3. The third-order valence-corrected chi connectivity index (χ3v) is 7.99. The first kappa shape index (κ1) is 22.4. The van der Waals surface area contributed by atoms with Gasteiger partial charge in [-0.1, -0.05) is 52.0 Å². The number of nitrogens with one attached hydrogen (secondary N) is 1. The normalized spacial score (nSPS) is 27.7. The molecule has 0 radical (unpaired) electrons. The Kier molecular flexibility index (Phi) is 7.10. The number of piperidine rings is 1. The van der Waals surface area contributed by atoms with Crippen molar-refractivity contribution in [1.82, 2.24) is 5.32 Å². The van der Waals surface area contributed by atoms with Gasteiger partial charge in [0.05, 0.1) is 0 Å². The summed E-state index contributed by atoms with van der Waals surface area (Å²) >= 11 is 0. The number of hydrogen-bond acceptors (Lipinski definition) is 4. The maximum Gasteiger partial charge on any atom is 0.508 e. The fourth-order valence-corrected chi connectivity index (χ4v) is 6.53. The molecule has 0 amide bonds. The van der Waals surface area contributed by atoms with Crippen LogP contribution in [0.3, 0.4) is 0 Å². The van der Waals surface area contributed by atoms with Gasteiger partial charge in [0, 0.05) is 17.9 Å². The van der Waals surface area contributed by atoms with Gasteiger partial charge in [0.25, 0.3) is 0 Å². The molecule has 3 aliphatic rings. The van der Waals surface area contributed by atoms with E-state index in [1.54, 1.807) is 0 Å². The summed E-state index contributed by atoms with van der Waals surface area (Å²) in [5, 5.41) is 13.1. The minimum absolute atomic E-state index is 0.260. The van der Waals surface area contributed by atoms with Crippen molar-refractivity contribution >= 4 is 6.16 Å². The SMILES string of the molecule is CCCCCCC(OC(=O)O)Oc1cc2c(cc1CC)C[C@H]1NCC[C@@]23CCCC[C@@H]13. The van der Waals surface area contributed by atoms with Gasteiger partial charge in [-0.05, 0) is 73.7 Å². The lowest BCUT2D eigenvalue weighted by Crippen LogP contribution is -2.59. The van der Waals surface area contributed by atoms with Crippen LogP contribution in [-0.2, 0) is 23.0 Å². The average Bonchev–Trinajstić information content (AvgIpc) is 2.76. The van der Waals surface area contributed by atoms with Crippen molar-refractivity contribution in [3.8, 4) is 5.75 Å². The van der Waals surface area contributed by atoms with Crippen molar-refractivity contribution in [2.24, 2.45) is 5.92 Å². The van der Waals surface area contributed by atoms with Crippen molar-refractivity contribution in [3.05, 3.63) is 28.8 Å². The number of carbonyl (C=O) groups is 1. The van der Waals surface area contributed by atoms with Gasteiger partial charge >= 0.3 is 6.16 Å². The standard InChI is InChI=1S/C26H39NO4/c1-3-5-6-7-11-24(31-25(28)29)30-23-17-21-19(15-18(23)4-2)16-22-20-10-8-9-12-26(20,21)13-14-27-22/h15,17,20,22,24,27H,3-14,16H2,1-2H3,(H,28,29)/t20-,22+,24?,26+/m0/s1. The van der Waals surface area contributed by atoms with Crippen LogP contribution >= 0.6 is 0 Å². The molecule has 1 unspecified atom stereocenters. The minimum atomic E-state index is -1.26. The van der Waals surface area contributed by atoms with E-state index in [1.165, 1.54) is 43.2 Å². The molecule has 2 aliphatic carbocycles. The predicted octanol–water partition coefficient (Wildman–Crippen LogP) is 5.96. The summed E-state index contributed by atoms with van der Waals surface area (Å²) in [5.74, 6) is 1.54. The number of rotatable bonds is 9. The zero-order valence-electron chi connectivity index (χ0n) is 19.3. The second-order valence-corrected chi connectivity index (χ2v) is 9.77. The number of ether oxygens (including phenoxy) is 2. The van der Waals surface area contributed by atoms with Crippen molar-refractivity contribution < 1.29 is 19.4 Å². The quantitative estimate of drug-likeness (QED) is 0.288. The molecule has 5 nitrogen and oxygen atoms in total. The summed E-state index contributed by atoms with van der Waals surface area (Å²) in [7, 11) is 0. The predicted molar refractivity (Wildman–Crippen MR) is 122 cm³/mol. The van der Waals surface area contributed by atoms with E-state index in [0.29, 0.717) is 18.4 Å². The van der Waals surface area contributed by atoms with Gasteiger partial charge in [-0.15, -0.1) is 0 Å². The van der Waals surface area contributed by atoms with Crippen LogP contribution in [0.15, 0.2) is 12.1 Å². The Morgan fingerprint density at radius 3 is 2.87 bits per heavy atom. The summed E-state index contributed by atoms with van der Waals surface area (Å²) in [6.07, 6.45) is 11.3. The highest BCUT2D eigenvalue weighted by molar-refractivity contribution is 5.57. The number of benzene rings is 1. The van der Waals surface area contributed by atoms with E-state index in [-0.39, 0.29) is 5.41 Å². The molecule has 4 atom stereocenters. The molecule has 1 aliphatic heterocycles. The molecule has 172 valence electrons. The first-order chi connectivity index (χ1) is 15.1. The van der Waals surface area contributed by atoms with Crippen molar-refractivity contribution in [3.63, 3.8) is 0 Å². The molecule has 2 bridgehead atoms. The molecule has 5 heteroatoms. The van der Waals surface area contributed by atoms with Gasteiger partial charge in [0.1, 0.15) is 5.75 Å². The zero-order chi connectivity index (χ0) is 21.8. The Bertz CT molecular complexity index is 775. The van der Waals surface area contributed by atoms with Crippen LogP contribution in [0.2, 0.25) is 0 Å².